The minimum absolute atomic E-state index is 0.0601. The third-order valence-electron chi connectivity index (χ3n) is 32.2. The first-order valence-electron chi connectivity index (χ1n) is 52.4. The lowest BCUT2D eigenvalue weighted by Crippen LogP contribution is -2.30. The van der Waals surface area contributed by atoms with Gasteiger partial charge in [-0.05, 0) is 266 Å². The van der Waals surface area contributed by atoms with Gasteiger partial charge in [0.05, 0.1) is 38.8 Å². The lowest BCUT2D eigenvalue weighted by Gasteiger charge is -2.39. The van der Waals surface area contributed by atoms with Crippen molar-refractivity contribution in [3.05, 3.63) is 531 Å². The number of benzene rings is 20. The van der Waals surface area contributed by atoms with Gasteiger partial charge in [0.1, 0.15) is 0 Å². The van der Waals surface area contributed by atoms with Gasteiger partial charge >= 0.3 is 0 Å². The summed E-state index contributed by atoms with van der Waals surface area (Å²) in [7, 11) is 0. The fourth-order valence-corrected chi connectivity index (χ4v) is 27.5. The highest BCUT2D eigenvalue weighted by Crippen LogP contribution is 2.54. The van der Waals surface area contributed by atoms with Crippen LogP contribution in [-0.4, -0.2) is 13.7 Å². The molecule has 5 aromatic heterocycles. The molecule has 0 radical (unpaired) electrons. The van der Waals surface area contributed by atoms with Crippen molar-refractivity contribution in [1.82, 2.24) is 13.7 Å². The number of para-hydroxylation sites is 7. The minimum Gasteiger partial charge on any atom is -0.310 e. The second kappa shape index (κ2) is 38.7. The summed E-state index contributed by atoms with van der Waals surface area (Å²) in [5.41, 5.74) is 30.1. The monoisotopic (exact) mass is 1920 g/mol. The third-order valence-corrected chi connectivity index (χ3v) is 34.5. The van der Waals surface area contributed by atoms with Gasteiger partial charge in [-0.2, -0.15) is 0 Å². The van der Waals surface area contributed by atoms with E-state index in [1.54, 1.807) is 0 Å². The molecule has 0 bridgehead atoms. The first-order chi connectivity index (χ1) is 72.4. The maximum atomic E-state index is 2.50. The predicted molar refractivity (Wildman–Crippen MR) is 623 cm³/mol. The molecule has 0 aliphatic heterocycles. The summed E-state index contributed by atoms with van der Waals surface area (Å²) in [6, 6.07) is 184. The van der Waals surface area contributed by atoms with Crippen molar-refractivity contribution in [2.75, 3.05) is 14.7 Å². The third kappa shape index (κ3) is 16.1. The molecule has 28 rings (SSSR count). The highest BCUT2D eigenvalue weighted by atomic mass is 32.1. The summed E-state index contributed by atoms with van der Waals surface area (Å²) in [5.74, 6) is 0. The quantitative estimate of drug-likeness (QED) is 0.0856. The molecule has 0 saturated heterocycles. The van der Waals surface area contributed by atoms with E-state index in [0.29, 0.717) is 0 Å². The second-order valence-electron chi connectivity index (χ2n) is 40.2. The normalized spacial score (nSPS) is 14.5. The average molecular weight is 1920 g/mol. The number of hydrogen-bond donors (Lipinski definition) is 0. The Bertz CT molecular complexity index is 9000. The Morgan fingerprint density at radius 3 is 0.884 bits per heavy atom. The summed E-state index contributed by atoms with van der Waals surface area (Å²) < 4.78 is 12.5. The zero-order valence-electron chi connectivity index (χ0n) is 81.9. The molecule has 706 valence electrons. The maximum Gasteiger partial charge on any atom is 0.0561 e. The summed E-state index contributed by atoms with van der Waals surface area (Å²) in [4.78, 5) is 7.35. The first kappa shape index (κ1) is 89.7. The molecular formula is C138H112N6S2. The van der Waals surface area contributed by atoms with E-state index in [2.05, 4.69) is 526 Å². The SMILES string of the molecule is c1ccc(-n2c3ccccc3c3cc(N(c4ccc(C5(c6ccccc6)CCCCC5)cc4)c4ccc5sc6ccccc6c5c4)ccc32)cc1.c1ccc(-n2c3ccccc3c3cc(N(c4ccc(C5(c6ccccc6)CCCCC5)cc4)c4cccc5sc6ccccc6c45)ccc32)cc1.c1ccc(N(c2ccc(C3(c4ccccc4)CCCCC3)cc2)c2ccc3c4ccccc4n(-c4ccccc4)c3c2)cc1. The fourth-order valence-electron chi connectivity index (χ4n) is 25.3. The van der Waals surface area contributed by atoms with Crippen LogP contribution >= 0.6 is 22.7 Å². The van der Waals surface area contributed by atoms with Gasteiger partial charge in [-0.25, -0.2) is 0 Å². The zero-order valence-corrected chi connectivity index (χ0v) is 83.6. The van der Waals surface area contributed by atoms with E-state index in [4.69, 9.17) is 0 Å². The molecule has 5 heterocycles. The van der Waals surface area contributed by atoms with Crippen LogP contribution in [0.15, 0.2) is 497 Å². The molecule has 20 aromatic carbocycles. The lowest BCUT2D eigenvalue weighted by atomic mass is 9.65. The van der Waals surface area contributed by atoms with Crippen molar-refractivity contribution < 1.29 is 0 Å². The Morgan fingerprint density at radius 1 is 0.164 bits per heavy atom. The van der Waals surface area contributed by atoms with Gasteiger partial charge in [-0.15, -0.1) is 22.7 Å². The average Bonchev–Trinajstić information content (AvgIpc) is 1.44. The number of aromatic nitrogens is 3. The molecule has 146 heavy (non-hydrogen) atoms. The van der Waals surface area contributed by atoms with E-state index < -0.39 is 0 Å². The Balaban J connectivity index is 0.000000112. The van der Waals surface area contributed by atoms with Crippen LogP contribution in [0, 0.1) is 0 Å². The van der Waals surface area contributed by atoms with E-state index >= 15 is 0 Å². The van der Waals surface area contributed by atoms with Crippen LogP contribution < -0.4 is 14.7 Å². The van der Waals surface area contributed by atoms with Crippen molar-refractivity contribution in [1.29, 1.82) is 0 Å². The number of rotatable bonds is 18. The van der Waals surface area contributed by atoms with Crippen LogP contribution in [0.4, 0.5) is 51.2 Å². The van der Waals surface area contributed by atoms with E-state index in [0.717, 1.165) is 22.7 Å². The number of anilines is 9. The maximum absolute atomic E-state index is 2.50. The topological polar surface area (TPSA) is 24.5 Å². The Morgan fingerprint density at radius 2 is 0.438 bits per heavy atom. The molecule has 3 saturated carbocycles. The zero-order chi connectivity index (χ0) is 96.9. The molecule has 0 spiro atoms. The van der Waals surface area contributed by atoms with Gasteiger partial charge in [-0.1, -0.05) is 361 Å². The van der Waals surface area contributed by atoms with E-state index in [1.165, 1.54) is 281 Å². The summed E-state index contributed by atoms with van der Waals surface area (Å²) in [5, 5.41) is 12.8. The van der Waals surface area contributed by atoms with Crippen molar-refractivity contribution in [3.63, 3.8) is 0 Å². The molecule has 0 unspecified atom stereocenters. The van der Waals surface area contributed by atoms with E-state index in [-0.39, 0.29) is 16.2 Å². The highest BCUT2D eigenvalue weighted by Gasteiger charge is 2.40. The molecule has 25 aromatic rings. The standard InChI is InChI=1S/2C48H38N2S.C42H36N2/c1-4-15-34(16-5-1)48(31-12-3-13-32-48)35-25-27-37(28-26-35)49(44-22-14-24-46-47(44)40-20-9-11-23-45(40)51-46)38-29-30-43-41(33-38)39-19-8-10-21-42(39)50(43)36-17-6-2-7-18-36;1-4-14-34(15-5-1)48(30-12-3-13-31-48)35-22-24-37(25-23-35)49(39-27-29-47-43(33-39)41-19-9-11-21-46(41)51-47)38-26-28-45-42(32-38)40-18-8-10-20-44(40)50(45)36-16-6-2-7-17-36;1-5-15-32(16-6-1)42(29-13-4-14-30-42)33-23-25-36(26-24-33)43(34-17-7-2-8-18-34)37-27-28-39-38-21-11-12-22-40(38)44(41(39)31-37)35-19-9-3-10-20-35/h1-2,4-11,14-30,33H,3,12-13,31-32H2;1-2,4-11,14-29,32-33H,3,12-13,30-31H2;1-3,5-12,15-28,31H,4,13-14,29-30H2. The van der Waals surface area contributed by atoms with E-state index in [9.17, 15) is 0 Å². The molecule has 8 heteroatoms. The van der Waals surface area contributed by atoms with Gasteiger partial charge in [0.2, 0.25) is 0 Å². The van der Waals surface area contributed by atoms with Crippen LogP contribution in [-0.2, 0) is 16.2 Å². The Kier molecular flexibility index (Phi) is 23.8. The molecule has 3 aliphatic carbocycles. The van der Waals surface area contributed by atoms with Crippen LogP contribution in [0.3, 0.4) is 0 Å². The molecule has 0 N–H and O–H groups in total. The molecule has 3 aliphatic rings. The first-order valence-corrected chi connectivity index (χ1v) is 54.0. The van der Waals surface area contributed by atoms with Crippen molar-refractivity contribution in [2.24, 2.45) is 0 Å². The predicted octanol–water partition coefficient (Wildman–Crippen LogP) is 39.2. The van der Waals surface area contributed by atoms with Gasteiger partial charge in [0.25, 0.3) is 0 Å². The lowest BCUT2D eigenvalue weighted by molar-refractivity contribution is 0.346. The number of hydrogen-bond acceptors (Lipinski definition) is 5. The van der Waals surface area contributed by atoms with Gasteiger partial charge in [0.15, 0.2) is 0 Å². The van der Waals surface area contributed by atoms with Gasteiger partial charge < -0.3 is 28.4 Å². The van der Waals surface area contributed by atoms with Crippen LogP contribution in [0.25, 0.3) is 123 Å². The minimum atomic E-state index is 0.0601. The Hall–Kier alpha value is -16.4. The van der Waals surface area contributed by atoms with Crippen LogP contribution in [0.1, 0.15) is 130 Å². The second-order valence-corrected chi connectivity index (χ2v) is 42.4. The summed E-state index contributed by atoms with van der Waals surface area (Å²) >= 11 is 3.75. The van der Waals surface area contributed by atoms with Gasteiger partial charge in [-0.3, -0.25) is 0 Å². The summed E-state index contributed by atoms with van der Waals surface area (Å²) in [6.45, 7) is 0. The summed E-state index contributed by atoms with van der Waals surface area (Å²) in [6.07, 6.45) is 18.8. The van der Waals surface area contributed by atoms with Crippen LogP contribution in [0.2, 0.25) is 0 Å². The van der Waals surface area contributed by atoms with Crippen molar-refractivity contribution >= 4 is 180 Å². The fraction of sp³-hybridized carbons (Fsp3) is 0.130. The smallest absolute Gasteiger partial charge is 0.0561 e. The number of thiophene rings is 2. The molecule has 3 fully saturated rings. The van der Waals surface area contributed by atoms with Crippen LogP contribution in [0.5, 0.6) is 0 Å². The Labute approximate surface area is 861 Å². The molecule has 0 amide bonds. The van der Waals surface area contributed by atoms with Crippen molar-refractivity contribution in [3.8, 4) is 17.1 Å². The van der Waals surface area contributed by atoms with E-state index in [1.807, 2.05) is 22.7 Å². The number of fused-ring (bicyclic) bond motifs is 15. The number of nitrogens with zero attached hydrogens (tertiary/aromatic N) is 6. The molecular weight excluding hydrogens is 1810 g/mol. The molecule has 6 nitrogen and oxygen atoms in total. The largest absolute Gasteiger partial charge is 0.310 e. The van der Waals surface area contributed by atoms with Gasteiger partial charge in [0, 0.05) is 151 Å². The molecule has 0 atom stereocenters. The highest BCUT2D eigenvalue weighted by molar-refractivity contribution is 7.26. The van der Waals surface area contributed by atoms with Crippen molar-refractivity contribution in [2.45, 2.75) is 113 Å².